The van der Waals surface area contributed by atoms with Crippen LogP contribution in [0.15, 0.2) is 18.3 Å². The lowest BCUT2D eigenvalue weighted by atomic mass is 9.85. The van der Waals surface area contributed by atoms with E-state index in [1.807, 2.05) is 33.9 Å². The molecule has 1 aromatic rings. The van der Waals surface area contributed by atoms with Gasteiger partial charge in [0.15, 0.2) is 0 Å². The van der Waals surface area contributed by atoms with E-state index in [0.29, 0.717) is 5.41 Å². The van der Waals surface area contributed by atoms with E-state index in [2.05, 4.69) is 58.7 Å². The van der Waals surface area contributed by atoms with E-state index >= 15 is 0 Å². The monoisotopic (exact) mass is 279 g/mol. The van der Waals surface area contributed by atoms with Gasteiger partial charge < -0.3 is 0 Å². The average Bonchev–Trinajstić information content (AvgIpc) is 2.42. The van der Waals surface area contributed by atoms with Gasteiger partial charge >= 0.3 is 0 Å². The van der Waals surface area contributed by atoms with Crippen LogP contribution < -0.4 is 0 Å². The first-order valence-electron chi connectivity index (χ1n) is 8.20. The van der Waals surface area contributed by atoms with E-state index in [9.17, 15) is 0 Å². The number of hydrogen-bond donors (Lipinski definition) is 0. The Bertz CT molecular complexity index is 328. The molecule has 0 bridgehead atoms. The van der Waals surface area contributed by atoms with Crippen LogP contribution >= 0.6 is 0 Å². The third-order valence-corrected chi connectivity index (χ3v) is 3.14. The Hall–Kier alpha value is -0.850. The molecule has 0 amide bonds. The van der Waals surface area contributed by atoms with E-state index < -0.39 is 0 Å². The zero-order valence-corrected chi connectivity index (χ0v) is 15.6. The second-order valence-corrected chi connectivity index (χ2v) is 6.53. The Morgan fingerprint density at radius 3 is 1.70 bits per heavy atom. The van der Waals surface area contributed by atoms with Crippen LogP contribution in [0.5, 0.6) is 0 Å². The number of nitrogens with zero attached hydrogens (tertiary/aromatic N) is 1. The fourth-order valence-electron chi connectivity index (χ4n) is 1.72. The molecule has 0 aliphatic carbocycles. The molecule has 0 radical (unpaired) electrons. The molecule has 1 rings (SSSR count). The van der Waals surface area contributed by atoms with Gasteiger partial charge in [0.2, 0.25) is 0 Å². The third-order valence-electron chi connectivity index (χ3n) is 3.14. The maximum atomic E-state index is 4.61. The van der Waals surface area contributed by atoms with Gasteiger partial charge in [0.05, 0.1) is 0 Å². The summed E-state index contributed by atoms with van der Waals surface area (Å²) in [6.07, 6.45) is 4.25. The van der Waals surface area contributed by atoms with Crippen molar-refractivity contribution in [1.29, 1.82) is 0 Å². The summed E-state index contributed by atoms with van der Waals surface area (Å²) < 4.78 is 0. The fourth-order valence-corrected chi connectivity index (χ4v) is 1.72. The lowest BCUT2D eigenvalue weighted by molar-refractivity contribution is 0.410. The van der Waals surface area contributed by atoms with Crippen LogP contribution in [0.4, 0.5) is 0 Å². The van der Waals surface area contributed by atoms with Crippen LogP contribution in [-0.2, 0) is 11.8 Å². The van der Waals surface area contributed by atoms with Crippen molar-refractivity contribution in [3.63, 3.8) is 0 Å². The number of pyridine rings is 1. The predicted octanol–water partition coefficient (Wildman–Crippen LogP) is 6.41. The Labute approximate surface area is 128 Å². The predicted molar refractivity (Wildman–Crippen MR) is 93.4 cm³/mol. The van der Waals surface area contributed by atoms with Crippen LogP contribution in [0.1, 0.15) is 86.9 Å². The van der Waals surface area contributed by atoms with E-state index in [1.165, 1.54) is 11.3 Å². The number of hydrogen-bond acceptors (Lipinski definition) is 1. The van der Waals surface area contributed by atoms with Crippen molar-refractivity contribution < 1.29 is 0 Å². The first kappa shape index (κ1) is 21.4. The molecule has 0 unspecified atom stereocenters. The zero-order chi connectivity index (χ0) is 16.4. The summed E-state index contributed by atoms with van der Waals surface area (Å²) in [6, 6.07) is 4.41. The molecular weight excluding hydrogens is 242 g/mol. The molecule has 0 saturated carbocycles. The molecular formula is C19H37N. The summed E-state index contributed by atoms with van der Waals surface area (Å²) in [5.74, 6) is 0. The molecule has 0 aliphatic heterocycles. The molecule has 20 heavy (non-hydrogen) atoms. The van der Waals surface area contributed by atoms with Gasteiger partial charge in [0.25, 0.3) is 0 Å². The van der Waals surface area contributed by atoms with Gasteiger partial charge in [0.1, 0.15) is 0 Å². The molecule has 1 heterocycles. The normalized spacial score (nSPS) is 10.9. The van der Waals surface area contributed by atoms with Crippen molar-refractivity contribution in [2.45, 2.75) is 87.5 Å². The van der Waals surface area contributed by atoms with Crippen molar-refractivity contribution in [1.82, 2.24) is 4.98 Å². The zero-order valence-electron chi connectivity index (χ0n) is 15.6. The molecule has 0 N–H and O–H groups in total. The summed E-state index contributed by atoms with van der Waals surface area (Å²) in [7, 11) is 0. The SMILES string of the molecule is CC.CC.CCC(C)(C)c1ccc(CC(C)(C)C)cn1. The molecule has 0 saturated heterocycles. The van der Waals surface area contributed by atoms with Crippen molar-refractivity contribution in [2.75, 3.05) is 0 Å². The number of aromatic nitrogens is 1. The van der Waals surface area contributed by atoms with E-state index in [4.69, 9.17) is 0 Å². The first-order chi connectivity index (χ1) is 9.24. The van der Waals surface area contributed by atoms with Crippen molar-refractivity contribution in [3.8, 4) is 0 Å². The van der Waals surface area contributed by atoms with Crippen molar-refractivity contribution in [3.05, 3.63) is 29.6 Å². The van der Waals surface area contributed by atoms with Gasteiger partial charge in [-0.05, 0) is 29.9 Å². The molecule has 0 spiro atoms. The topological polar surface area (TPSA) is 12.9 Å². The highest BCUT2D eigenvalue weighted by Gasteiger charge is 2.19. The van der Waals surface area contributed by atoms with Crippen LogP contribution in [0.2, 0.25) is 0 Å². The molecule has 118 valence electrons. The Kier molecular flexibility index (Phi) is 10.7. The lowest BCUT2D eigenvalue weighted by Crippen LogP contribution is -2.17. The number of rotatable bonds is 3. The summed E-state index contributed by atoms with van der Waals surface area (Å²) in [5, 5.41) is 0. The Morgan fingerprint density at radius 1 is 0.900 bits per heavy atom. The summed E-state index contributed by atoms with van der Waals surface area (Å²) >= 11 is 0. The van der Waals surface area contributed by atoms with Gasteiger partial charge in [-0.2, -0.15) is 0 Å². The molecule has 0 fully saturated rings. The largest absolute Gasteiger partial charge is 0.260 e. The fraction of sp³-hybridized carbons (Fsp3) is 0.737. The average molecular weight is 280 g/mol. The van der Waals surface area contributed by atoms with Crippen LogP contribution in [0.25, 0.3) is 0 Å². The first-order valence-corrected chi connectivity index (χ1v) is 8.20. The second kappa shape index (κ2) is 9.96. The van der Waals surface area contributed by atoms with Gasteiger partial charge in [-0.3, -0.25) is 4.98 Å². The molecule has 0 aliphatic rings. The molecule has 0 aromatic carbocycles. The standard InChI is InChI=1S/C15H25N.2C2H6/c1-7-15(5,6)13-9-8-12(11-16-13)10-14(2,3)4;2*1-2/h8-9,11H,7,10H2,1-6H3;2*1-2H3. The van der Waals surface area contributed by atoms with Crippen LogP contribution in [-0.4, -0.2) is 4.98 Å². The van der Waals surface area contributed by atoms with Crippen molar-refractivity contribution in [2.24, 2.45) is 5.41 Å². The Balaban J connectivity index is 0. The van der Waals surface area contributed by atoms with Gasteiger partial charge in [-0.1, -0.05) is 75.3 Å². The second-order valence-electron chi connectivity index (χ2n) is 6.53. The van der Waals surface area contributed by atoms with E-state index in [1.54, 1.807) is 0 Å². The van der Waals surface area contributed by atoms with Crippen molar-refractivity contribution >= 4 is 0 Å². The van der Waals surface area contributed by atoms with Crippen LogP contribution in [0.3, 0.4) is 0 Å². The highest BCUT2D eigenvalue weighted by Crippen LogP contribution is 2.26. The maximum Gasteiger partial charge on any atom is 0.0459 e. The van der Waals surface area contributed by atoms with Gasteiger partial charge in [-0.15, -0.1) is 0 Å². The van der Waals surface area contributed by atoms with E-state index in [0.717, 1.165) is 12.8 Å². The highest BCUT2D eigenvalue weighted by molar-refractivity contribution is 5.20. The van der Waals surface area contributed by atoms with Gasteiger partial charge in [-0.25, -0.2) is 0 Å². The maximum absolute atomic E-state index is 4.61. The quantitative estimate of drug-likeness (QED) is 0.623. The summed E-state index contributed by atoms with van der Waals surface area (Å²) in [5.41, 5.74) is 3.07. The molecule has 1 aromatic heterocycles. The minimum atomic E-state index is 0.195. The smallest absolute Gasteiger partial charge is 0.0459 e. The van der Waals surface area contributed by atoms with Gasteiger partial charge in [0, 0.05) is 17.3 Å². The lowest BCUT2D eigenvalue weighted by Gasteiger charge is -2.23. The molecule has 1 nitrogen and oxygen atoms in total. The van der Waals surface area contributed by atoms with Crippen LogP contribution in [0, 0.1) is 5.41 Å². The Morgan fingerprint density at radius 2 is 1.40 bits per heavy atom. The third kappa shape index (κ3) is 8.35. The van der Waals surface area contributed by atoms with E-state index in [-0.39, 0.29) is 5.41 Å². The minimum Gasteiger partial charge on any atom is -0.260 e. The minimum absolute atomic E-state index is 0.195. The summed E-state index contributed by atoms with van der Waals surface area (Å²) in [4.78, 5) is 4.61. The highest BCUT2D eigenvalue weighted by atomic mass is 14.7. The molecule has 0 atom stereocenters. The summed E-state index contributed by atoms with van der Waals surface area (Å²) in [6.45, 7) is 21.5. The molecule has 1 heteroatoms.